The lowest BCUT2D eigenvalue weighted by Gasteiger charge is -2.18. The Hall–Kier alpha value is -1.06. The number of nitrogens with one attached hydrogen (secondary N) is 1. The van der Waals surface area contributed by atoms with Gasteiger partial charge in [-0.3, -0.25) is 9.59 Å². The summed E-state index contributed by atoms with van der Waals surface area (Å²) in [6, 6.07) is 0. The Morgan fingerprint density at radius 3 is 2.29 bits per heavy atom. The van der Waals surface area contributed by atoms with Gasteiger partial charge in [0.1, 0.15) is 5.41 Å². The molecule has 0 radical (unpaired) electrons. The number of carbonyl (C=O) groups excluding carboxylic acids is 1. The number of rotatable bonds is 6. The van der Waals surface area contributed by atoms with Gasteiger partial charge in [-0.25, -0.2) is 0 Å². The van der Waals surface area contributed by atoms with Crippen LogP contribution in [0.4, 0.5) is 0 Å². The Kier molecular flexibility index (Phi) is 5.20. The summed E-state index contributed by atoms with van der Waals surface area (Å²) in [5, 5.41) is 11.4. The second kappa shape index (κ2) is 5.62. The highest BCUT2D eigenvalue weighted by Gasteiger charge is 2.35. The second-order valence-corrected chi connectivity index (χ2v) is 3.89. The molecule has 0 spiro atoms. The highest BCUT2D eigenvalue weighted by atomic mass is 16.4. The molecular weight excluding hydrogens is 182 g/mol. The Balaban J connectivity index is 3.90. The molecule has 4 nitrogen and oxygen atoms in total. The molecule has 0 heterocycles. The van der Waals surface area contributed by atoms with E-state index in [1.807, 2.05) is 0 Å². The fourth-order valence-corrected chi connectivity index (χ4v) is 0.895. The van der Waals surface area contributed by atoms with Crippen molar-refractivity contribution in [3.8, 4) is 0 Å². The largest absolute Gasteiger partial charge is 0.480 e. The molecule has 4 heteroatoms. The van der Waals surface area contributed by atoms with Crippen LogP contribution in [0.3, 0.4) is 0 Å². The minimum absolute atomic E-state index is 0.416. The number of hydrogen-bond acceptors (Lipinski definition) is 2. The third-order valence-electron chi connectivity index (χ3n) is 2.17. The minimum Gasteiger partial charge on any atom is -0.480 e. The molecule has 14 heavy (non-hydrogen) atoms. The molecule has 0 saturated heterocycles. The molecule has 0 rings (SSSR count). The molecule has 0 unspecified atom stereocenters. The molecule has 0 aliphatic heterocycles. The molecule has 0 aliphatic rings. The predicted octanol–water partition coefficient (Wildman–Crippen LogP) is 1.40. The van der Waals surface area contributed by atoms with Crippen LogP contribution in [-0.4, -0.2) is 23.5 Å². The van der Waals surface area contributed by atoms with Crippen molar-refractivity contribution in [2.75, 3.05) is 6.54 Å². The first-order valence-electron chi connectivity index (χ1n) is 4.94. The van der Waals surface area contributed by atoms with E-state index in [1.54, 1.807) is 0 Å². The Bertz CT molecular complexity index is 211. The fraction of sp³-hybridized carbons (Fsp3) is 0.800. The molecule has 0 fully saturated rings. The van der Waals surface area contributed by atoms with E-state index in [0.29, 0.717) is 6.54 Å². The lowest BCUT2D eigenvalue weighted by molar-refractivity contribution is -0.153. The van der Waals surface area contributed by atoms with Crippen molar-refractivity contribution in [2.45, 2.75) is 40.0 Å². The van der Waals surface area contributed by atoms with Crippen LogP contribution in [0.2, 0.25) is 0 Å². The standard InChI is InChI=1S/C10H19NO3/c1-4-5-6-7-11-8(12)10(2,3)9(13)14/h4-7H2,1-3H3,(H,11,12)(H,13,14). The maximum Gasteiger partial charge on any atom is 0.318 e. The van der Waals surface area contributed by atoms with Gasteiger partial charge in [-0.05, 0) is 20.3 Å². The molecule has 0 aliphatic carbocycles. The summed E-state index contributed by atoms with van der Waals surface area (Å²) in [5.41, 5.74) is -1.33. The highest BCUT2D eigenvalue weighted by molar-refractivity contribution is 6.00. The van der Waals surface area contributed by atoms with E-state index in [2.05, 4.69) is 12.2 Å². The molecule has 0 atom stereocenters. The summed E-state index contributed by atoms with van der Waals surface area (Å²) in [4.78, 5) is 22.1. The molecule has 0 aromatic heterocycles. The molecular formula is C10H19NO3. The van der Waals surface area contributed by atoms with Crippen LogP contribution < -0.4 is 5.32 Å². The van der Waals surface area contributed by atoms with Gasteiger partial charge >= 0.3 is 5.97 Å². The lowest BCUT2D eigenvalue weighted by atomic mass is 9.93. The van der Waals surface area contributed by atoms with E-state index >= 15 is 0 Å². The van der Waals surface area contributed by atoms with Crippen molar-refractivity contribution in [2.24, 2.45) is 5.41 Å². The molecule has 0 saturated carbocycles. The van der Waals surface area contributed by atoms with Gasteiger partial charge in [-0.15, -0.1) is 0 Å². The highest BCUT2D eigenvalue weighted by Crippen LogP contribution is 2.14. The number of carbonyl (C=O) groups is 2. The Morgan fingerprint density at radius 1 is 1.29 bits per heavy atom. The van der Waals surface area contributed by atoms with Gasteiger partial charge in [0.2, 0.25) is 5.91 Å². The summed E-state index contributed by atoms with van der Waals surface area (Å²) in [6.45, 7) is 5.45. The molecule has 0 aromatic rings. The molecule has 82 valence electrons. The maximum atomic E-state index is 11.4. The molecule has 0 aromatic carbocycles. The van der Waals surface area contributed by atoms with Gasteiger partial charge in [0.05, 0.1) is 0 Å². The monoisotopic (exact) mass is 201 g/mol. The van der Waals surface area contributed by atoms with Crippen LogP contribution in [0.25, 0.3) is 0 Å². The van der Waals surface area contributed by atoms with Crippen LogP contribution in [0.15, 0.2) is 0 Å². The lowest BCUT2D eigenvalue weighted by Crippen LogP contribution is -2.42. The Morgan fingerprint density at radius 2 is 1.86 bits per heavy atom. The molecule has 2 N–H and O–H groups in total. The zero-order valence-corrected chi connectivity index (χ0v) is 9.09. The maximum absolute atomic E-state index is 11.4. The van der Waals surface area contributed by atoms with E-state index in [9.17, 15) is 9.59 Å². The molecule has 1 amide bonds. The van der Waals surface area contributed by atoms with Gasteiger partial charge in [0.15, 0.2) is 0 Å². The zero-order valence-electron chi connectivity index (χ0n) is 9.09. The average Bonchev–Trinajstić information content (AvgIpc) is 2.11. The summed E-state index contributed by atoms with van der Waals surface area (Å²) >= 11 is 0. The number of carboxylic acid groups (broad SMARTS) is 1. The smallest absolute Gasteiger partial charge is 0.318 e. The average molecular weight is 201 g/mol. The van der Waals surface area contributed by atoms with Crippen LogP contribution in [0.5, 0.6) is 0 Å². The van der Waals surface area contributed by atoms with E-state index in [0.717, 1.165) is 19.3 Å². The number of carboxylic acids is 1. The normalized spacial score (nSPS) is 11.1. The van der Waals surface area contributed by atoms with Crippen LogP contribution in [0.1, 0.15) is 40.0 Å². The van der Waals surface area contributed by atoms with Crippen LogP contribution >= 0.6 is 0 Å². The van der Waals surface area contributed by atoms with Crippen LogP contribution in [0, 0.1) is 5.41 Å². The number of amides is 1. The quantitative estimate of drug-likeness (QED) is 0.504. The van der Waals surface area contributed by atoms with Crippen LogP contribution in [-0.2, 0) is 9.59 Å². The van der Waals surface area contributed by atoms with Crippen molar-refractivity contribution in [1.82, 2.24) is 5.32 Å². The van der Waals surface area contributed by atoms with E-state index < -0.39 is 17.3 Å². The van der Waals surface area contributed by atoms with Crippen molar-refractivity contribution in [1.29, 1.82) is 0 Å². The first-order valence-corrected chi connectivity index (χ1v) is 4.94. The summed E-state index contributed by atoms with van der Waals surface area (Å²) in [6.07, 6.45) is 3.03. The van der Waals surface area contributed by atoms with Gasteiger partial charge in [-0.2, -0.15) is 0 Å². The summed E-state index contributed by atoms with van der Waals surface area (Å²) in [7, 11) is 0. The van der Waals surface area contributed by atoms with Crippen molar-refractivity contribution >= 4 is 11.9 Å². The van der Waals surface area contributed by atoms with Gasteiger partial charge in [0.25, 0.3) is 0 Å². The first-order chi connectivity index (χ1) is 6.42. The Labute approximate surface area is 84.7 Å². The van der Waals surface area contributed by atoms with Crippen molar-refractivity contribution < 1.29 is 14.7 Å². The van der Waals surface area contributed by atoms with E-state index in [1.165, 1.54) is 13.8 Å². The zero-order chi connectivity index (χ0) is 11.2. The summed E-state index contributed by atoms with van der Waals surface area (Å²) < 4.78 is 0. The van der Waals surface area contributed by atoms with Crippen molar-refractivity contribution in [3.05, 3.63) is 0 Å². The number of hydrogen-bond donors (Lipinski definition) is 2. The molecule has 0 bridgehead atoms. The second-order valence-electron chi connectivity index (χ2n) is 3.89. The van der Waals surface area contributed by atoms with Gasteiger partial charge in [0, 0.05) is 6.54 Å². The van der Waals surface area contributed by atoms with Gasteiger partial charge in [-0.1, -0.05) is 19.8 Å². The number of aliphatic carboxylic acids is 1. The van der Waals surface area contributed by atoms with E-state index in [4.69, 9.17) is 5.11 Å². The van der Waals surface area contributed by atoms with Crippen molar-refractivity contribution in [3.63, 3.8) is 0 Å². The topological polar surface area (TPSA) is 66.4 Å². The fourth-order valence-electron chi connectivity index (χ4n) is 0.895. The predicted molar refractivity (Wildman–Crippen MR) is 54.0 cm³/mol. The summed E-state index contributed by atoms with van der Waals surface area (Å²) in [5.74, 6) is -1.51. The minimum atomic E-state index is -1.33. The van der Waals surface area contributed by atoms with E-state index in [-0.39, 0.29) is 0 Å². The third-order valence-corrected chi connectivity index (χ3v) is 2.17. The third kappa shape index (κ3) is 3.77. The SMILES string of the molecule is CCCCCNC(=O)C(C)(C)C(=O)O. The first kappa shape index (κ1) is 12.9. The van der Waals surface area contributed by atoms with Gasteiger partial charge < -0.3 is 10.4 Å². The number of unbranched alkanes of at least 4 members (excludes halogenated alkanes) is 2.